The number of hydrogen-bond donors (Lipinski definition) is 5. The van der Waals surface area contributed by atoms with E-state index in [4.69, 9.17) is 19.3 Å². The van der Waals surface area contributed by atoms with Gasteiger partial charge in [0.05, 0.1) is 24.9 Å². The molecule has 0 fully saturated rings. The Bertz CT molecular complexity index is 842. The fourth-order valence-corrected chi connectivity index (χ4v) is 3.01. The molecule has 0 unspecified atom stereocenters. The lowest BCUT2D eigenvalue weighted by Crippen LogP contribution is -2.28. The van der Waals surface area contributed by atoms with E-state index in [9.17, 15) is 29.5 Å². The number of ether oxygens (including phenoxy) is 2. The molecule has 4 atom stereocenters. The Hall–Kier alpha value is -2.37. The van der Waals surface area contributed by atoms with E-state index in [1.165, 1.54) is 6.08 Å². The van der Waals surface area contributed by atoms with Crippen molar-refractivity contribution in [3.05, 3.63) is 60.8 Å². The first kappa shape index (κ1) is 34.6. The molecule has 0 spiro atoms. The molecule has 0 saturated heterocycles. The second-order valence-electron chi connectivity index (χ2n) is 7.87. The molecule has 0 aliphatic rings. The lowest BCUT2D eigenvalue weighted by atomic mass is 10.1. The first-order valence-electron chi connectivity index (χ1n) is 11.8. The fraction of sp³-hybridized carbons (Fsp3) is 0.520. The molecular formula is C25H39O11P. The van der Waals surface area contributed by atoms with Crippen molar-refractivity contribution in [2.45, 2.75) is 70.4 Å². The van der Waals surface area contributed by atoms with Crippen LogP contribution in [0.1, 0.15) is 46.0 Å². The summed E-state index contributed by atoms with van der Waals surface area (Å²) in [4.78, 5) is 40.3. The zero-order valence-electron chi connectivity index (χ0n) is 21.2. The van der Waals surface area contributed by atoms with Crippen LogP contribution >= 0.6 is 7.82 Å². The Kier molecular flexibility index (Phi) is 19.3. The normalized spacial score (nSPS) is 16.2. The maximum absolute atomic E-state index is 11.8. The lowest BCUT2D eigenvalue weighted by Gasteiger charge is -2.17. The van der Waals surface area contributed by atoms with Crippen molar-refractivity contribution in [3.8, 4) is 0 Å². The predicted octanol–water partition coefficient (Wildman–Crippen LogP) is 2.40. The number of phosphoric ester groups is 1. The number of aliphatic hydroxyl groups is 3. The Labute approximate surface area is 217 Å². The number of esters is 2. The molecule has 0 rings (SSSR count). The minimum atomic E-state index is -4.78. The average Bonchev–Trinajstić information content (AvgIpc) is 2.81. The first-order chi connectivity index (χ1) is 17.4. The second-order valence-corrected chi connectivity index (χ2v) is 9.11. The highest BCUT2D eigenvalue weighted by molar-refractivity contribution is 7.46. The molecule has 11 nitrogen and oxygen atoms in total. The van der Waals surface area contributed by atoms with Crippen LogP contribution in [0, 0.1) is 0 Å². The Morgan fingerprint density at radius 3 is 2.14 bits per heavy atom. The third-order valence-corrected chi connectivity index (χ3v) is 4.93. The Morgan fingerprint density at radius 2 is 1.54 bits per heavy atom. The molecule has 0 radical (unpaired) electrons. The highest BCUT2D eigenvalue weighted by Crippen LogP contribution is 2.35. The second kappa shape index (κ2) is 20.7. The van der Waals surface area contributed by atoms with Gasteiger partial charge in [0.1, 0.15) is 6.61 Å². The van der Waals surface area contributed by atoms with Crippen LogP contribution in [-0.4, -0.2) is 74.7 Å². The van der Waals surface area contributed by atoms with Gasteiger partial charge in [-0.25, -0.2) is 4.57 Å². The highest BCUT2D eigenvalue weighted by atomic mass is 31.2. The number of aliphatic hydroxyl groups excluding tert-OH is 3. The molecular weight excluding hydrogens is 507 g/mol. The lowest BCUT2D eigenvalue weighted by molar-refractivity contribution is -0.159. The van der Waals surface area contributed by atoms with Crippen LogP contribution < -0.4 is 0 Å². The standard InChI is InChI=1S/C25H39O11P/c1-3-4-9-13-21(27)14-10-7-5-6-8-11-15-23(28)24(29)16-12-17-25(30)34-18-22(36-20(2)26)19-35-37(31,32)33/h4-11,14-15,21-24,27-29H,3,12-13,16-19H2,1-2H3,(H2,31,32,33)/b7-5+,8-6-,9-4-,14-10+,15-11-/t21-,22-,23+,24+/m1/s1. The summed E-state index contributed by atoms with van der Waals surface area (Å²) in [7, 11) is -4.78. The summed E-state index contributed by atoms with van der Waals surface area (Å²) in [6.07, 6.45) is 14.9. The van der Waals surface area contributed by atoms with Crippen molar-refractivity contribution in [1.29, 1.82) is 0 Å². The van der Waals surface area contributed by atoms with Crippen molar-refractivity contribution in [1.82, 2.24) is 0 Å². The number of phosphoric acid groups is 1. The van der Waals surface area contributed by atoms with Gasteiger partial charge >= 0.3 is 19.8 Å². The van der Waals surface area contributed by atoms with Gasteiger partial charge in [-0.2, -0.15) is 0 Å². The topological polar surface area (TPSA) is 180 Å². The maximum Gasteiger partial charge on any atom is 0.469 e. The quantitative estimate of drug-likeness (QED) is 0.0695. The van der Waals surface area contributed by atoms with E-state index in [0.717, 1.165) is 13.3 Å². The molecule has 0 saturated carbocycles. The first-order valence-corrected chi connectivity index (χ1v) is 13.4. The average molecular weight is 547 g/mol. The van der Waals surface area contributed by atoms with Crippen LogP contribution in [0.25, 0.3) is 0 Å². The number of carbonyl (C=O) groups is 2. The summed E-state index contributed by atoms with van der Waals surface area (Å²) < 4.78 is 24.7. The number of hydrogen-bond acceptors (Lipinski definition) is 9. The number of rotatable bonds is 19. The zero-order chi connectivity index (χ0) is 28.1. The molecule has 0 heterocycles. The largest absolute Gasteiger partial charge is 0.469 e. The molecule has 0 aliphatic carbocycles. The minimum Gasteiger partial charge on any atom is -0.462 e. The van der Waals surface area contributed by atoms with Crippen LogP contribution in [0.4, 0.5) is 0 Å². The maximum atomic E-state index is 11.8. The highest BCUT2D eigenvalue weighted by Gasteiger charge is 2.22. The number of allylic oxidation sites excluding steroid dienone is 7. The predicted molar refractivity (Wildman–Crippen MR) is 137 cm³/mol. The molecule has 0 aromatic rings. The van der Waals surface area contributed by atoms with Crippen molar-refractivity contribution < 1.29 is 53.3 Å². The van der Waals surface area contributed by atoms with Crippen LogP contribution in [-0.2, 0) is 28.2 Å². The summed E-state index contributed by atoms with van der Waals surface area (Å²) in [5, 5.41) is 29.7. The molecule has 0 bridgehead atoms. The van der Waals surface area contributed by atoms with Crippen molar-refractivity contribution in [2.75, 3.05) is 13.2 Å². The Morgan fingerprint density at radius 1 is 0.919 bits per heavy atom. The van der Waals surface area contributed by atoms with Crippen LogP contribution in [0.2, 0.25) is 0 Å². The van der Waals surface area contributed by atoms with Gasteiger partial charge in [-0.3, -0.25) is 14.1 Å². The van der Waals surface area contributed by atoms with Gasteiger partial charge in [-0.1, -0.05) is 67.7 Å². The fourth-order valence-electron chi connectivity index (χ4n) is 2.65. The van der Waals surface area contributed by atoms with Crippen LogP contribution in [0.3, 0.4) is 0 Å². The van der Waals surface area contributed by atoms with Gasteiger partial charge in [-0.15, -0.1) is 0 Å². The van der Waals surface area contributed by atoms with Crippen LogP contribution in [0.5, 0.6) is 0 Å². The van der Waals surface area contributed by atoms with E-state index < -0.39 is 57.4 Å². The third-order valence-electron chi connectivity index (χ3n) is 4.44. The van der Waals surface area contributed by atoms with Gasteiger partial charge < -0.3 is 34.6 Å². The molecule has 0 aromatic heterocycles. The SMILES string of the molecule is CC/C=C\C[C@@H](O)/C=C/C=C/C=C\C=C/[C@H](O)[C@@H](O)CCCC(=O)OC[C@H](COP(=O)(O)O)OC(C)=O. The molecule has 37 heavy (non-hydrogen) atoms. The summed E-state index contributed by atoms with van der Waals surface area (Å²) in [5.41, 5.74) is 0. The van der Waals surface area contributed by atoms with Gasteiger partial charge in [-0.05, 0) is 25.7 Å². The molecule has 0 aliphatic heterocycles. The van der Waals surface area contributed by atoms with E-state index in [1.54, 1.807) is 42.5 Å². The van der Waals surface area contributed by atoms with E-state index in [-0.39, 0.29) is 19.3 Å². The third kappa shape index (κ3) is 22.5. The van der Waals surface area contributed by atoms with Crippen molar-refractivity contribution in [3.63, 3.8) is 0 Å². The molecule has 0 amide bonds. The molecule has 210 valence electrons. The monoisotopic (exact) mass is 546 g/mol. The Balaban J connectivity index is 4.27. The summed E-state index contributed by atoms with van der Waals surface area (Å²) in [6.45, 7) is 1.99. The summed E-state index contributed by atoms with van der Waals surface area (Å²) in [6, 6.07) is 0. The molecule has 5 N–H and O–H groups in total. The summed E-state index contributed by atoms with van der Waals surface area (Å²) in [5.74, 6) is -1.42. The van der Waals surface area contributed by atoms with E-state index in [0.29, 0.717) is 6.42 Å². The van der Waals surface area contributed by atoms with Gasteiger partial charge in [0, 0.05) is 13.3 Å². The molecule has 12 heteroatoms. The zero-order valence-corrected chi connectivity index (χ0v) is 22.1. The number of carbonyl (C=O) groups excluding carboxylic acids is 2. The molecule has 0 aromatic carbocycles. The van der Waals surface area contributed by atoms with Gasteiger partial charge in [0.15, 0.2) is 6.10 Å². The van der Waals surface area contributed by atoms with E-state index >= 15 is 0 Å². The van der Waals surface area contributed by atoms with E-state index in [2.05, 4.69) is 4.52 Å². The smallest absolute Gasteiger partial charge is 0.462 e. The van der Waals surface area contributed by atoms with Gasteiger partial charge in [0.2, 0.25) is 0 Å². The minimum absolute atomic E-state index is 0.0958. The van der Waals surface area contributed by atoms with Crippen molar-refractivity contribution in [2.24, 2.45) is 0 Å². The van der Waals surface area contributed by atoms with Crippen LogP contribution in [0.15, 0.2) is 60.8 Å². The summed E-state index contributed by atoms with van der Waals surface area (Å²) >= 11 is 0. The van der Waals surface area contributed by atoms with E-state index in [1.807, 2.05) is 19.1 Å². The van der Waals surface area contributed by atoms with Crippen molar-refractivity contribution >= 4 is 19.8 Å². The van der Waals surface area contributed by atoms with Gasteiger partial charge in [0.25, 0.3) is 0 Å².